The maximum absolute atomic E-state index is 11.7. The number of carbonyl (C=O) groups excluding carboxylic acids is 1. The van der Waals surface area contributed by atoms with Crippen molar-refractivity contribution in [3.8, 4) is 5.75 Å². The standard InChI is InChI=1S/C13H10I2N2O2S/c1-2-3-19-11-7(4-8(14)6-9(11)15)5-10-12(18)17-13(20)16-10/h2,4-6H,1,3H2,(H2,16,17,18,20). The van der Waals surface area contributed by atoms with Crippen LogP contribution in [-0.2, 0) is 4.79 Å². The lowest BCUT2D eigenvalue weighted by molar-refractivity contribution is -0.115. The number of thiocarbonyl (C=S) groups is 1. The molecule has 2 N–H and O–H groups in total. The number of amides is 1. The molecule has 2 rings (SSSR count). The fraction of sp³-hybridized carbons (Fsp3) is 0.0769. The monoisotopic (exact) mass is 512 g/mol. The predicted octanol–water partition coefficient (Wildman–Crippen LogP) is 2.81. The van der Waals surface area contributed by atoms with Crippen molar-refractivity contribution in [2.75, 3.05) is 6.61 Å². The molecule has 7 heteroatoms. The summed E-state index contributed by atoms with van der Waals surface area (Å²) in [7, 11) is 0. The maximum Gasteiger partial charge on any atom is 0.273 e. The molecule has 1 aromatic rings. The number of halogens is 2. The summed E-state index contributed by atoms with van der Waals surface area (Å²) in [5.74, 6) is 0.490. The first-order valence-corrected chi connectivity index (χ1v) is 8.14. The molecule has 1 saturated heterocycles. The third kappa shape index (κ3) is 3.70. The number of hydrogen-bond acceptors (Lipinski definition) is 3. The molecule has 0 aromatic heterocycles. The van der Waals surface area contributed by atoms with Gasteiger partial charge in [-0.05, 0) is 75.6 Å². The molecule has 1 fully saturated rings. The molecule has 0 radical (unpaired) electrons. The second-order valence-corrected chi connectivity index (χ2v) is 6.69. The van der Waals surface area contributed by atoms with Crippen molar-refractivity contribution >= 4 is 74.5 Å². The van der Waals surface area contributed by atoms with Gasteiger partial charge in [-0.1, -0.05) is 12.7 Å². The van der Waals surface area contributed by atoms with Crippen molar-refractivity contribution in [1.82, 2.24) is 10.6 Å². The van der Waals surface area contributed by atoms with Gasteiger partial charge < -0.3 is 10.1 Å². The van der Waals surface area contributed by atoms with E-state index in [4.69, 9.17) is 17.0 Å². The minimum atomic E-state index is -0.237. The van der Waals surface area contributed by atoms with E-state index < -0.39 is 0 Å². The minimum absolute atomic E-state index is 0.237. The summed E-state index contributed by atoms with van der Waals surface area (Å²) in [4.78, 5) is 11.7. The number of rotatable bonds is 4. The highest BCUT2D eigenvalue weighted by molar-refractivity contribution is 14.1. The lowest BCUT2D eigenvalue weighted by Crippen LogP contribution is -2.21. The van der Waals surface area contributed by atoms with E-state index in [9.17, 15) is 4.79 Å². The molecule has 1 aliphatic heterocycles. The maximum atomic E-state index is 11.7. The van der Waals surface area contributed by atoms with E-state index in [0.29, 0.717) is 17.4 Å². The Labute approximate surface area is 149 Å². The van der Waals surface area contributed by atoms with E-state index in [2.05, 4.69) is 62.4 Å². The van der Waals surface area contributed by atoms with Crippen LogP contribution in [0, 0.1) is 7.14 Å². The summed E-state index contributed by atoms with van der Waals surface area (Å²) in [6, 6.07) is 3.96. The van der Waals surface area contributed by atoms with Gasteiger partial charge in [-0.3, -0.25) is 10.1 Å². The number of carbonyl (C=O) groups is 1. The second kappa shape index (κ2) is 6.85. The number of nitrogens with one attached hydrogen (secondary N) is 2. The Hall–Kier alpha value is -0.680. The Bertz CT molecular complexity index is 629. The van der Waals surface area contributed by atoms with E-state index in [1.807, 2.05) is 12.1 Å². The van der Waals surface area contributed by atoms with Crippen molar-refractivity contribution in [3.63, 3.8) is 0 Å². The van der Waals surface area contributed by atoms with Crippen LogP contribution in [0.1, 0.15) is 5.56 Å². The van der Waals surface area contributed by atoms with Crippen LogP contribution in [0.3, 0.4) is 0 Å². The SMILES string of the molecule is C=CCOc1c(I)cc(I)cc1C=C1NC(=S)NC1=O. The molecule has 0 saturated carbocycles. The highest BCUT2D eigenvalue weighted by atomic mass is 127. The molecule has 104 valence electrons. The zero-order chi connectivity index (χ0) is 14.7. The molecular formula is C13H10I2N2O2S. The van der Waals surface area contributed by atoms with Crippen LogP contribution in [0.2, 0.25) is 0 Å². The number of hydrogen-bond donors (Lipinski definition) is 2. The van der Waals surface area contributed by atoms with E-state index in [1.54, 1.807) is 12.2 Å². The van der Waals surface area contributed by atoms with Crippen LogP contribution < -0.4 is 15.4 Å². The van der Waals surface area contributed by atoms with Crippen LogP contribution in [0.5, 0.6) is 5.75 Å². The summed E-state index contributed by atoms with van der Waals surface area (Å²) in [5, 5.41) is 5.67. The summed E-state index contributed by atoms with van der Waals surface area (Å²) < 4.78 is 7.72. The van der Waals surface area contributed by atoms with Gasteiger partial charge in [0.15, 0.2) is 5.11 Å². The number of ether oxygens (including phenoxy) is 1. The van der Waals surface area contributed by atoms with Gasteiger partial charge in [0.05, 0.1) is 3.57 Å². The first kappa shape index (κ1) is 15.7. The fourth-order valence-electron chi connectivity index (χ4n) is 1.62. The average molecular weight is 512 g/mol. The molecule has 0 unspecified atom stereocenters. The van der Waals surface area contributed by atoms with Crippen molar-refractivity contribution in [3.05, 3.63) is 43.2 Å². The Balaban J connectivity index is 2.44. The topological polar surface area (TPSA) is 50.4 Å². The molecule has 0 spiro atoms. The van der Waals surface area contributed by atoms with Crippen molar-refractivity contribution in [2.45, 2.75) is 0 Å². The highest BCUT2D eigenvalue weighted by Gasteiger charge is 2.21. The van der Waals surface area contributed by atoms with Crippen molar-refractivity contribution < 1.29 is 9.53 Å². The van der Waals surface area contributed by atoms with Gasteiger partial charge in [-0.2, -0.15) is 0 Å². The normalized spacial score (nSPS) is 16.0. The minimum Gasteiger partial charge on any atom is -0.488 e. The Kier molecular flexibility index (Phi) is 5.38. The van der Waals surface area contributed by atoms with Crippen LogP contribution in [0.4, 0.5) is 0 Å². The van der Waals surface area contributed by atoms with Gasteiger partial charge in [-0.25, -0.2) is 0 Å². The number of benzene rings is 1. The summed E-state index contributed by atoms with van der Waals surface area (Å²) in [6.07, 6.45) is 3.41. The fourth-order valence-corrected chi connectivity index (χ4v) is 3.87. The third-order valence-corrected chi connectivity index (χ3v) is 4.03. The molecule has 20 heavy (non-hydrogen) atoms. The first-order chi connectivity index (χ1) is 9.51. The van der Waals surface area contributed by atoms with Gasteiger partial charge in [0.2, 0.25) is 0 Å². The molecule has 1 aliphatic rings. The average Bonchev–Trinajstić information content (AvgIpc) is 2.66. The molecule has 1 amide bonds. The van der Waals surface area contributed by atoms with Gasteiger partial charge in [-0.15, -0.1) is 0 Å². The molecule has 0 atom stereocenters. The summed E-state index contributed by atoms with van der Waals surface area (Å²) in [5.41, 5.74) is 1.24. The predicted molar refractivity (Wildman–Crippen MR) is 99.4 cm³/mol. The van der Waals surface area contributed by atoms with Gasteiger partial charge in [0.25, 0.3) is 5.91 Å². The van der Waals surface area contributed by atoms with E-state index >= 15 is 0 Å². The summed E-state index contributed by atoms with van der Waals surface area (Å²) in [6.45, 7) is 4.05. The van der Waals surface area contributed by atoms with Gasteiger partial charge >= 0.3 is 0 Å². The quantitative estimate of drug-likeness (QED) is 0.282. The van der Waals surface area contributed by atoms with Crippen molar-refractivity contribution in [2.24, 2.45) is 0 Å². The third-order valence-electron chi connectivity index (χ3n) is 2.40. The lowest BCUT2D eigenvalue weighted by Gasteiger charge is -2.11. The van der Waals surface area contributed by atoms with Gasteiger partial charge in [0, 0.05) is 9.13 Å². The zero-order valence-corrected chi connectivity index (χ0v) is 15.3. The van der Waals surface area contributed by atoms with Crippen LogP contribution in [0.25, 0.3) is 6.08 Å². The van der Waals surface area contributed by atoms with Crippen LogP contribution in [-0.4, -0.2) is 17.6 Å². The molecular weight excluding hydrogens is 502 g/mol. The molecule has 1 aromatic carbocycles. The molecule has 4 nitrogen and oxygen atoms in total. The molecule has 0 bridgehead atoms. The highest BCUT2D eigenvalue weighted by Crippen LogP contribution is 2.30. The lowest BCUT2D eigenvalue weighted by atomic mass is 10.1. The first-order valence-electron chi connectivity index (χ1n) is 5.58. The van der Waals surface area contributed by atoms with E-state index in [0.717, 1.165) is 18.5 Å². The van der Waals surface area contributed by atoms with Crippen LogP contribution >= 0.6 is 57.4 Å². The van der Waals surface area contributed by atoms with Crippen LogP contribution in [0.15, 0.2) is 30.5 Å². The smallest absolute Gasteiger partial charge is 0.273 e. The van der Waals surface area contributed by atoms with Gasteiger partial charge in [0.1, 0.15) is 18.1 Å². The largest absolute Gasteiger partial charge is 0.488 e. The van der Waals surface area contributed by atoms with E-state index in [-0.39, 0.29) is 5.91 Å². The molecule has 0 aliphatic carbocycles. The Morgan fingerprint density at radius 2 is 2.10 bits per heavy atom. The summed E-state index contributed by atoms with van der Waals surface area (Å²) >= 11 is 9.34. The Morgan fingerprint density at radius 1 is 1.35 bits per heavy atom. The van der Waals surface area contributed by atoms with Crippen molar-refractivity contribution in [1.29, 1.82) is 0 Å². The Morgan fingerprint density at radius 3 is 2.70 bits per heavy atom. The molecule has 1 heterocycles. The van der Waals surface area contributed by atoms with E-state index in [1.165, 1.54) is 0 Å². The second-order valence-electron chi connectivity index (χ2n) is 3.87. The zero-order valence-electron chi connectivity index (χ0n) is 10.2.